The van der Waals surface area contributed by atoms with Crippen molar-refractivity contribution in [2.24, 2.45) is 5.41 Å². The summed E-state index contributed by atoms with van der Waals surface area (Å²) in [7, 11) is -3.81. The van der Waals surface area contributed by atoms with Gasteiger partial charge in [0.1, 0.15) is 4.90 Å². The molecule has 25 heavy (non-hydrogen) atoms. The molecule has 2 aliphatic rings. The first-order valence-electron chi connectivity index (χ1n) is 8.02. The number of imide groups is 1. The van der Waals surface area contributed by atoms with Gasteiger partial charge in [0, 0.05) is 31.1 Å². The van der Waals surface area contributed by atoms with Gasteiger partial charge in [-0.25, -0.2) is 8.42 Å². The molecule has 2 aliphatic heterocycles. The summed E-state index contributed by atoms with van der Waals surface area (Å²) in [6.07, 6.45) is 1.96. The van der Waals surface area contributed by atoms with Crippen molar-refractivity contribution in [3.05, 3.63) is 36.0 Å². The van der Waals surface area contributed by atoms with Gasteiger partial charge in [-0.05, 0) is 37.1 Å². The number of fused-ring (bicyclic) bond motifs is 1. The number of aryl methyl sites for hydroxylation is 1. The molecule has 2 saturated heterocycles. The highest BCUT2D eigenvalue weighted by Crippen LogP contribution is 2.40. The van der Waals surface area contributed by atoms with E-state index in [0.29, 0.717) is 11.9 Å². The van der Waals surface area contributed by atoms with Crippen molar-refractivity contribution in [3.8, 4) is 0 Å². The maximum Gasteiger partial charge on any atom is 0.245 e. The Hall–Kier alpha value is -2.32. The molecule has 1 atom stereocenters. The van der Waals surface area contributed by atoms with E-state index in [9.17, 15) is 18.0 Å². The molecule has 1 aromatic heterocycles. The number of rotatable bonds is 2. The van der Waals surface area contributed by atoms with Gasteiger partial charge >= 0.3 is 0 Å². The van der Waals surface area contributed by atoms with Crippen molar-refractivity contribution >= 4 is 32.7 Å². The first-order valence-corrected chi connectivity index (χ1v) is 9.46. The molecule has 2 amide bonds. The minimum absolute atomic E-state index is 0.0230. The molecule has 2 aromatic rings. The highest BCUT2D eigenvalue weighted by Gasteiger charge is 2.53. The molecule has 0 radical (unpaired) electrons. The van der Waals surface area contributed by atoms with E-state index in [1.54, 1.807) is 18.3 Å². The molecule has 7 nitrogen and oxygen atoms in total. The summed E-state index contributed by atoms with van der Waals surface area (Å²) in [5.74, 6) is -0.714. The van der Waals surface area contributed by atoms with Gasteiger partial charge in [0.05, 0.1) is 10.9 Å². The van der Waals surface area contributed by atoms with Crippen LogP contribution in [0.25, 0.3) is 10.9 Å². The Bertz CT molecular complexity index is 1020. The maximum atomic E-state index is 13.2. The molecule has 0 saturated carbocycles. The fourth-order valence-corrected chi connectivity index (χ4v) is 5.47. The number of amides is 2. The largest absolute Gasteiger partial charge is 0.296 e. The lowest BCUT2D eigenvalue weighted by Gasteiger charge is -2.21. The molecule has 0 aliphatic carbocycles. The van der Waals surface area contributed by atoms with Crippen molar-refractivity contribution in [2.75, 3.05) is 13.1 Å². The van der Waals surface area contributed by atoms with Crippen molar-refractivity contribution in [3.63, 3.8) is 0 Å². The Morgan fingerprint density at radius 1 is 1.28 bits per heavy atom. The van der Waals surface area contributed by atoms with E-state index in [0.717, 1.165) is 10.9 Å². The molecule has 130 valence electrons. The van der Waals surface area contributed by atoms with Crippen LogP contribution in [0.15, 0.2) is 35.4 Å². The van der Waals surface area contributed by atoms with Crippen LogP contribution < -0.4 is 5.32 Å². The van der Waals surface area contributed by atoms with Gasteiger partial charge in [-0.3, -0.25) is 19.9 Å². The second-order valence-electron chi connectivity index (χ2n) is 6.76. The highest BCUT2D eigenvalue weighted by atomic mass is 32.2. The zero-order valence-electron chi connectivity index (χ0n) is 13.7. The Morgan fingerprint density at radius 2 is 2.08 bits per heavy atom. The first kappa shape index (κ1) is 16.2. The molecule has 0 bridgehead atoms. The van der Waals surface area contributed by atoms with Crippen LogP contribution in [0.2, 0.25) is 0 Å². The number of hydrogen-bond donors (Lipinski definition) is 1. The van der Waals surface area contributed by atoms with Gasteiger partial charge in [0.2, 0.25) is 21.8 Å². The van der Waals surface area contributed by atoms with Crippen LogP contribution >= 0.6 is 0 Å². The molecule has 1 spiro atoms. The van der Waals surface area contributed by atoms with E-state index in [1.165, 1.54) is 4.31 Å². The van der Waals surface area contributed by atoms with E-state index in [4.69, 9.17) is 0 Å². The average molecular weight is 359 g/mol. The fourth-order valence-electron chi connectivity index (χ4n) is 3.70. The standard InChI is InChI=1S/C17H17N3O4S/c1-11-7-12-3-2-5-18-15(12)13(8-11)25(23,24)20-6-4-17(10-20)9-14(21)19-16(17)22/h2-3,5,7-8H,4,6,9-10H2,1H3,(H,19,21,22)/t17-/m0/s1. The predicted molar refractivity (Wildman–Crippen MR) is 90.1 cm³/mol. The van der Waals surface area contributed by atoms with E-state index < -0.39 is 15.4 Å². The highest BCUT2D eigenvalue weighted by molar-refractivity contribution is 7.89. The number of aromatic nitrogens is 1. The van der Waals surface area contributed by atoms with Gasteiger partial charge in [-0.15, -0.1) is 0 Å². The number of nitrogens with zero attached hydrogens (tertiary/aromatic N) is 2. The Balaban J connectivity index is 1.77. The maximum absolute atomic E-state index is 13.2. The normalized spacial score (nSPS) is 24.4. The van der Waals surface area contributed by atoms with E-state index in [1.807, 2.05) is 19.1 Å². The topological polar surface area (TPSA) is 96.4 Å². The van der Waals surface area contributed by atoms with Gasteiger partial charge in [0.25, 0.3) is 0 Å². The molecule has 1 aromatic carbocycles. The summed E-state index contributed by atoms with van der Waals surface area (Å²) in [6, 6.07) is 7.08. The number of sulfonamides is 1. The number of carbonyl (C=O) groups excluding carboxylic acids is 2. The Kier molecular flexibility index (Phi) is 3.45. The van der Waals surface area contributed by atoms with Gasteiger partial charge in [0.15, 0.2) is 0 Å². The second kappa shape index (κ2) is 5.34. The lowest BCUT2D eigenvalue weighted by atomic mass is 9.86. The number of nitrogens with one attached hydrogen (secondary N) is 1. The predicted octanol–water partition coefficient (Wildman–Crippen LogP) is 0.971. The smallest absolute Gasteiger partial charge is 0.245 e. The lowest BCUT2D eigenvalue weighted by Crippen LogP contribution is -2.36. The monoisotopic (exact) mass is 359 g/mol. The van der Waals surface area contributed by atoms with E-state index in [2.05, 4.69) is 10.3 Å². The van der Waals surface area contributed by atoms with Crippen molar-refractivity contribution < 1.29 is 18.0 Å². The number of carbonyl (C=O) groups is 2. The third kappa shape index (κ3) is 2.44. The van der Waals surface area contributed by atoms with Crippen LogP contribution in [-0.4, -0.2) is 42.6 Å². The van der Waals surface area contributed by atoms with Crippen LogP contribution in [-0.2, 0) is 19.6 Å². The molecular formula is C17H17N3O4S. The summed E-state index contributed by atoms with van der Waals surface area (Å²) in [4.78, 5) is 28.0. The minimum atomic E-state index is -3.81. The summed E-state index contributed by atoms with van der Waals surface area (Å²) < 4.78 is 27.7. The van der Waals surface area contributed by atoms with Crippen LogP contribution in [0.5, 0.6) is 0 Å². The third-order valence-electron chi connectivity index (χ3n) is 4.98. The van der Waals surface area contributed by atoms with E-state index in [-0.39, 0.29) is 36.2 Å². The first-order chi connectivity index (χ1) is 11.8. The van der Waals surface area contributed by atoms with E-state index >= 15 is 0 Å². The van der Waals surface area contributed by atoms with Crippen molar-refractivity contribution in [1.82, 2.24) is 14.6 Å². The summed E-state index contributed by atoms with van der Waals surface area (Å²) in [5.41, 5.74) is 0.305. The van der Waals surface area contributed by atoms with Crippen LogP contribution in [0.3, 0.4) is 0 Å². The summed E-state index contributed by atoms with van der Waals surface area (Å²) in [6.45, 7) is 2.07. The lowest BCUT2D eigenvalue weighted by molar-refractivity contribution is -0.128. The zero-order chi connectivity index (χ0) is 17.8. The minimum Gasteiger partial charge on any atom is -0.296 e. The molecule has 3 heterocycles. The zero-order valence-corrected chi connectivity index (χ0v) is 14.5. The van der Waals surface area contributed by atoms with Crippen LogP contribution in [0, 0.1) is 12.3 Å². The van der Waals surface area contributed by atoms with Gasteiger partial charge in [-0.1, -0.05) is 6.07 Å². The quantitative estimate of drug-likeness (QED) is 0.806. The number of benzene rings is 1. The molecule has 2 fully saturated rings. The fraction of sp³-hybridized carbons (Fsp3) is 0.353. The Labute approximate surface area is 145 Å². The summed E-state index contributed by atoms with van der Waals surface area (Å²) in [5, 5.41) is 3.04. The summed E-state index contributed by atoms with van der Waals surface area (Å²) >= 11 is 0. The SMILES string of the molecule is Cc1cc(S(=O)(=O)N2CC[C@]3(CC(=O)NC3=O)C2)c2ncccc2c1. The van der Waals surface area contributed by atoms with Gasteiger partial charge < -0.3 is 0 Å². The van der Waals surface area contributed by atoms with Crippen LogP contribution in [0.1, 0.15) is 18.4 Å². The van der Waals surface area contributed by atoms with Crippen molar-refractivity contribution in [1.29, 1.82) is 0 Å². The van der Waals surface area contributed by atoms with Crippen molar-refractivity contribution in [2.45, 2.75) is 24.7 Å². The molecule has 0 unspecified atom stereocenters. The average Bonchev–Trinajstić information content (AvgIpc) is 3.11. The van der Waals surface area contributed by atoms with Gasteiger partial charge in [-0.2, -0.15) is 4.31 Å². The molecule has 4 rings (SSSR count). The number of pyridine rings is 1. The molecule has 8 heteroatoms. The third-order valence-corrected chi connectivity index (χ3v) is 6.84. The molecule has 1 N–H and O–H groups in total. The molecular weight excluding hydrogens is 342 g/mol. The Morgan fingerprint density at radius 3 is 2.80 bits per heavy atom. The number of hydrogen-bond acceptors (Lipinski definition) is 5. The van der Waals surface area contributed by atoms with Crippen LogP contribution in [0.4, 0.5) is 0 Å². The second-order valence-corrected chi connectivity index (χ2v) is 8.67.